The van der Waals surface area contributed by atoms with Crippen LogP contribution in [-0.2, 0) is 4.79 Å². The Balaban J connectivity index is 1.91. The van der Waals surface area contributed by atoms with Crippen molar-refractivity contribution in [3.8, 4) is 11.8 Å². The smallest absolute Gasteiger partial charge is 0.262 e. The Labute approximate surface area is 131 Å². The van der Waals surface area contributed by atoms with Gasteiger partial charge in [0.2, 0.25) is 0 Å². The van der Waals surface area contributed by atoms with Crippen LogP contribution in [0.2, 0.25) is 0 Å². The number of aryl methyl sites for hydroxylation is 1. The molecule has 0 unspecified atom stereocenters. The first kappa shape index (κ1) is 15.1. The number of ether oxygens (including phenoxy) is 1. The molecule has 0 aliphatic carbocycles. The minimum atomic E-state index is -0.232. The number of nitriles is 1. The molecule has 0 aliphatic rings. The Morgan fingerprint density at radius 1 is 1.29 bits per heavy atom. The fourth-order valence-corrected chi connectivity index (χ4v) is 2.20. The van der Waals surface area contributed by atoms with Crippen molar-refractivity contribution in [2.45, 2.75) is 6.92 Å². The molecular formula is C16H13BrN2O2. The lowest BCUT2D eigenvalue weighted by atomic mass is 10.2. The quantitative estimate of drug-likeness (QED) is 0.920. The van der Waals surface area contributed by atoms with E-state index in [-0.39, 0.29) is 12.5 Å². The van der Waals surface area contributed by atoms with Crippen LogP contribution in [0.3, 0.4) is 0 Å². The molecule has 0 fully saturated rings. The van der Waals surface area contributed by atoms with Crippen molar-refractivity contribution in [3.05, 3.63) is 58.1 Å². The molecular weight excluding hydrogens is 332 g/mol. The zero-order valence-corrected chi connectivity index (χ0v) is 13.0. The molecule has 2 rings (SSSR count). The van der Waals surface area contributed by atoms with E-state index in [0.29, 0.717) is 11.3 Å². The van der Waals surface area contributed by atoms with Crippen LogP contribution in [0.5, 0.6) is 5.75 Å². The number of carbonyl (C=O) groups is 1. The average Bonchev–Trinajstić information content (AvgIpc) is 2.48. The Morgan fingerprint density at radius 3 is 2.62 bits per heavy atom. The van der Waals surface area contributed by atoms with E-state index in [1.165, 1.54) is 0 Å². The number of rotatable bonds is 4. The monoisotopic (exact) mass is 344 g/mol. The van der Waals surface area contributed by atoms with Gasteiger partial charge in [0.25, 0.3) is 5.91 Å². The molecule has 1 N–H and O–H groups in total. The summed E-state index contributed by atoms with van der Waals surface area (Å²) in [5.41, 5.74) is 2.28. The van der Waals surface area contributed by atoms with Gasteiger partial charge in [-0.25, -0.2) is 0 Å². The molecule has 0 bridgehead atoms. The van der Waals surface area contributed by atoms with Crippen LogP contribution in [0.25, 0.3) is 0 Å². The maximum Gasteiger partial charge on any atom is 0.262 e. The van der Waals surface area contributed by atoms with Crippen LogP contribution < -0.4 is 10.1 Å². The van der Waals surface area contributed by atoms with E-state index < -0.39 is 0 Å². The second kappa shape index (κ2) is 6.91. The third-order valence-corrected chi connectivity index (χ3v) is 3.31. The van der Waals surface area contributed by atoms with Crippen LogP contribution in [-0.4, -0.2) is 12.5 Å². The summed E-state index contributed by atoms with van der Waals surface area (Å²) in [7, 11) is 0. The van der Waals surface area contributed by atoms with Gasteiger partial charge in [-0.1, -0.05) is 15.9 Å². The first-order valence-corrected chi connectivity index (χ1v) is 7.07. The van der Waals surface area contributed by atoms with Crippen molar-refractivity contribution < 1.29 is 9.53 Å². The van der Waals surface area contributed by atoms with Crippen molar-refractivity contribution in [2.75, 3.05) is 11.9 Å². The largest absolute Gasteiger partial charge is 0.484 e. The van der Waals surface area contributed by atoms with Crippen molar-refractivity contribution >= 4 is 27.5 Å². The van der Waals surface area contributed by atoms with Gasteiger partial charge in [0, 0.05) is 10.2 Å². The highest BCUT2D eigenvalue weighted by Gasteiger charge is 2.06. The Hall–Kier alpha value is -2.32. The molecule has 1 amide bonds. The van der Waals surface area contributed by atoms with E-state index in [4.69, 9.17) is 10.00 Å². The van der Waals surface area contributed by atoms with Crippen LogP contribution in [0.1, 0.15) is 11.1 Å². The SMILES string of the molecule is Cc1cc(Br)ccc1NC(=O)COc1ccc(C#N)cc1. The second-order valence-electron chi connectivity index (χ2n) is 4.43. The Kier molecular flexibility index (Phi) is 4.96. The first-order valence-electron chi connectivity index (χ1n) is 6.27. The van der Waals surface area contributed by atoms with Gasteiger partial charge in [-0.05, 0) is 55.0 Å². The lowest BCUT2D eigenvalue weighted by molar-refractivity contribution is -0.118. The van der Waals surface area contributed by atoms with Gasteiger partial charge in [-0.2, -0.15) is 5.26 Å². The third kappa shape index (κ3) is 4.33. The number of nitrogens with one attached hydrogen (secondary N) is 1. The van der Waals surface area contributed by atoms with Crippen LogP contribution in [0, 0.1) is 18.3 Å². The maximum atomic E-state index is 11.8. The normalized spacial score (nSPS) is 9.76. The molecule has 2 aromatic carbocycles. The zero-order chi connectivity index (χ0) is 15.2. The number of anilines is 1. The van der Waals surface area contributed by atoms with Crippen molar-refractivity contribution in [3.63, 3.8) is 0 Å². The summed E-state index contributed by atoms with van der Waals surface area (Å²) >= 11 is 3.38. The molecule has 0 heterocycles. The third-order valence-electron chi connectivity index (χ3n) is 2.82. The number of carbonyl (C=O) groups excluding carboxylic acids is 1. The highest BCUT2D eigenvalue weighted by atomic mass is 79.9. The van der Waals surface area contributed by atoms with Gasteiger partial charge < -0.3 is 10.1 Å². The summed E-state index contributed by atoms with van der Waals surface area (Å²) in [5.74, 6) is 0.321. The van der Waals surface area contributed by atoms with Crippen LogP contribution >= 0.6 is 15.9 Å². The van der Waals surface area contributed by atoms with Gasteiger partial charge in [0.15, 0.2) is 6.61 Å². The number of hydrogen-bond donors (Lipinski definition) is 1. The molecule has 5 heteroatoms. The Morgan fingerprint density at radius 2 is 2.00 bits per heavy atom. The standard InChI is InChI=1S/C16H13BrN2O2/c1-11-8-13(17)4-7-15(11)19-16(20)10-21-14-5-2-12(9-18)3-6-14/h2-8H,10H2,1H3,(H,19,20). The number of nitrogens with zero attached hydrogens (tertiary/aromatic N) is 1. The number of hydrogen-bond acceptors (Lipinski definition) is 3. The van der Waals surface area contributed by atoms with Crippen LogP contribution in [0.15, 0.2) is 46.9 Å². The minimum absolute atomic E-state index is 0.0819. The van der Waals surface area contributed by atoms with E-state index in [9.17, 15) is 4.79 Å². The first-order chi connectivity index (χ1) is 10.1. The number of benzene rings is 2. The van der Waals surface area contributed by atoms with E-state index >= 15 is 0 Å². The van der Waals surface area contributed by atoms with E-state index in [1.807, 2.05) is 31.2 Å². The van der Waals surface area contributed by atoms with Crippen molar-refractivity contribution in [1.29, 1.82) is 5.26 Å². The fraction of sp³-hybridized carbons (Fsp3) is 0.125. The Bertz CT molecular complexity index is 690. The molecule has 0 radical (unpaired) electrons. The summed E-state index contributed by atoms with van der Waals surface area (Å²) in [6.45, 7) is 1.84. The molecule has 0 spiro atoms. The number of halogens is 1. The van der Waals surface area contributed by atoms with Gasteiger partial charge in [-0.15, -0.1) is 0 Å². The summed E-state index contributed by atoms with van der Waals surface area (Å²) in [5, 5.41) is 11.5. The van der Waals surface area contributed by atoms with Crippen molar-refractivity contribution in [2.24, 2.45) is 0 Å². The average molecular weight is 345 g/mol. The predicted octanol–water partition coefficient (Wildman–Crippen LogP) is 3.65. The minimum Gasteiger partial charge on any atom is -0.484 e. The second-order valence-corrected chi connectivity index (χ2v) is 5.35. The maximum absolute atomic E-state index is 11.8. The van der Waals surface area contributed by atoms with E-state index in [2.05, 4.69) is 21.2 Å². The fourth-order valence-electron chi connectivity index (χ4n) is 1.73. The lowest BCUT2D eigenvalue weighted by Gasteiger charge is -2.10. The molecule has 0 aromatic heterocycles. The summed E-state index contributed by atoms with van der Waals surface area (Å²) < 4.78 is 6.34. The van der Waals surface area contributed by atoms with Gasteiger partial charge in [0.05, 0.1) is 11.6 Å². The number of amides is 1. The highest BCUT2D eigenvalue weighted by molar-refractivity contribution is 9.10. The molecule has 106 valence electrons. The molecule has 2 aromatic rings. The molecule has 4 nitrogen and oxygen atoms in total. The van der Waals surface area contributed by atoms with Crippen LogP contribution in [0.4, 0.5) is 5.69 Å². The molecule has 0 saturated carbocycles. The van der Waals surface area contributed by atoms with Crippen molar-refractivity contribution in [1.82, 2.24) is 0 Å². The lowest BCUT2D eigenvalue weighted by Crippen LogP contribution is -2.20. The van der Waals surface area contributed by atoms with Gasteiger partial charge in [-0.3, -0.25) is 4.79 Å². The van der Waals surface area contributed by atoms with E-state index in [1.54, 1.807) is 24.3 Å². The topological polar surface area (TPSA) is 62.1 Å². The highest BCUT2D eigenvalue weighted by Crippen LogP contribution is 2.20. The summed E-state index contributed by atoms with van der Waals surface area (Å²) in [6.07, 6.45) is 0. The van der Waals surface area contributed by atoms with Gasteiger partial charge >= 0.3 is 0 Å². The molecule has 0 saturated heterocycles. The molecule has 21 heavy (non-hydrogen) atoms. The zero-order valence-electron chi connectivity index (χ0n) is 11.4. The molecule has 0 atom stereocenters. The summed E-state index contributed by atoms with van der Waals surface area (Å²) in [4.78, 5) is 11.8. The molecule has 0 aliphatic heterocycles. The van der Waals surface area contributed by atoms with Gasteiger partial charge in [0.1, 0.15) is 5.75 Å². The summed E-state index contributed by atoms with van der Waals surface area (Å²) in [6, 6.07) is 14.3. The predicted molar refractivity (Wildman–Crippen MR) is 84.2 cm³/mol. The van der Waals surface area contributed by atoms with E-state index in [0.717, 1.165) is 15.7 Å².